The largest absolute Gasteiger partial charge is 0.340 e. The van der Waals surface area contributed by atoms with Crippen LogP contribution < -0.4 is 5.56 Å². The van der Waals surface area contributed by atoms with Gasteiger partial charge in [0.15, 0.2) is 0 Å². The summed E-state index contributed by atoms with van der Waals surface area (Å²) < 4.78 is 3.36. The summed E-state index contributed by atoms with van der Waals surface area (Å²) >= 11 is 0. The zero-order chi connectivity index (χ0) is 26.3. The number of fused-ring (bicyclic) bond motifs is 2. The van der Waals surface area contributed by atoms with Gasteiger partial charge in [0.1, 0.15) is 23.7 Å². The van der Waals surface area contributed by atoms with Crippen LogP contribution in [0, 0.1) is 0 Å². The lowest BCUT2D eigenvalue weighted by atomic mass is 9.89. The van der Waals surface area contributed by atoms with Gasteiger partial charge in [-0.3, -0.25) is 9.36 Å². The standard InChI is InChI=1S/C32H30N6O.ClH/c1-36-17-15-24(16-18-36)22-11-13-23(14-12-22)26-19-29-32(39)37(21-33-38(29)20-26)30(25-7-3-2-4-8-25)31-34-27-9-5-6-10-28(27)35-31;/h2-14,19-21,24,30H,15-18H2,1H3,(H,34,35);1H. The predicted octanol–water partition coefficient (Wildman–Crippen LogP) is 5.91. The van der Waals surface area contributed by atoms with Crippen molar-refractivity contribution < 1.29 is 0 Å². The molecule has 1 unspecified atom stereocenters. The summed E-state index contributed by atoms with van der Waals surface area (Å²) in [5, 5.41) is 4.65. The van der Waals surface area contributed by atoms with Gasteiger partial charge in [0.25, 0.3) is 5.56 Å². The summed E-state index contributed by atoms with van der Waals surface area (Å²) in [6.07, 6.45) is 5.95. The molecular formula is C32H31ClN6O. The van der Waals surface area contributed by atoms with Gasteiger partial charge in [-0.1, -0.05) is 66.7 Å². The Morgan fingerprint density at radius 2 is 1.62 bits per heavy atom. The number of hydrogen-bond acceptors (Lipinski definition) is 4. The normalized spacial score (nSPS) is 15.3. The molecule has 0 radical (unpaired) electrons. The lowest BCUT2D eigenvalue weighted by molar-refractivity contribution is 0.255. The summed E-state index contributed by atoms with van der Waals surface area (Å²) in [5.74, 6) is 1.32. The van der Waals surface area contributed by atoms with Crippen LogP contribution in [0.3, 0.4) is 0 Å². The number of rotatable bonds is 5. The van der Waals surface area contributed by atoms with Crippen molar-refractivity contribution in [2.75, 3.05) is 20.1 Å². The Balaban J connectivity index is 0.00000289. The minimum absolute atomic E-state index is 0. The van der Waals surface area contributed by atoms with Crippen LogP contribution in [-0.4, -0.2) is 49.2 Å². The zero-order valence-corrected chi connectivity index (χ0v) is 23.1. The molecule has 1 atom stereocenters. The van der Waals surface area contributed by atoms with E-state index in [0.29, 0.717) is 17.3 Å². The van der Waals surface area contributed by atoms with Crippen molar-refractivity contribution >= 4 is 29.0 Å². The molecule has 0 saturated carbocycles. The Kier molecular flexibility index (Phi) is 7.00. The first-order valence-corrected chi connectivity index (χ1v) is 13.5. The third-order valence-corrected chi connectivity index (χ3v) is 8.05. The monoisotopic (exact) mass is 550 g/mol. The zero-order valence-electron chi connectivity index (χ0n) is 22.3. The summed E-state index contributed by atoms with van der Waals surface area (Å²) in [7, 11) is 2.19. The van der Waals surface area contributed by atoms with Crippen molar-refractivity contribution in [1.82, 2.24) is 29.0 Å². The van der Waals surface area contributed by atoms with Gasteiger partial charge in [0.05, 0.1) is 11.0 Å². The first kappa shape index (κ1) is 26.0. The van der Waals surface area contributed by atoms with E-state index < -0.39 is 6.04 Å². The SMILES string of the molecule is CN1CCC(c2ccc(-c3cc4c(=O)n(C(c5ccccc5)c5nc6ccccc6[nH]5)cnn4c3)cc2)CC1.Cl. The Bertz CT molecular complexity index is 1780. The second-order valence-electron chi connectivity index (χ2n) is 10.6. The van der Waals surface area contributed by atoms with Crippen molar-refractivity contribution in [2.45, 2.75) is 24.8 Å². The molecule has 40 heavy (non-hydrogen) atoms. The number of halogens is 1. The Morgan fingerprint density at radius 1 is 0.900 bits per heavy atom. The molecular weight excluding hydrogens is 520 g/mol. The van der Waals surface area contributed by atoms with E-state index in [1.807, 2.05) is 66.9 Å². The minimum Gasteiger partial charge on any atom is -0.340 e. The second-order valence-corrected chi connectivity index (χ2v) is 10.6. The molecule has 1 aliphatic rings. The Labute approximate surface area is 238 Å². The third kappa shape index (κ3) is 4.72. The number of likely N-dealkylation sites (tertiary alicyclic amines) is 1. The van der Waals surface area contributed by atoms with E-state index in [1.54, 1.807) is 15.4 Å². The molecule has 1 N–H and O–H groups in total. The fraction of sp³-hybridized carbons (Fsp3) is 0.219. The van der Waals surface area contributed by atoms with E-state index in [2.05, 4.69) is 46.3 Å². The molecule has 1 saturated heterocycles. The summed E-state index contributed by atoms with van der Waals surface area (Å²) in [6.45, 7) is 2.29. The molecule has 0 aliphatic carbocycles. The lowest BCUT2D eigenvalue weighted by Crippen LogP contribution is -2.29. The summed E-state index contributed by atoms with van der Waals surface area (Å²) in [6, 6.07) is 28.2. The fourth-order valence-corrected chi connectivity index (χ4v) is 5.82. The lowest BCUT2D eigenvalue weighted by Gasteiger charge is -2.29. The highest BCUT2D eigenvalue weighted by molar-refractivity contribution is 5.85. The quantitative estimate of drug-likeness (QED) is 0.290. The van der Waals surface area contributed by atoms with Crippen molar-refractivity contribution in [3.05, 3.63) is 125 Å². The van der Waals surface area contributed by atoms with Crippen molar-refractivity contribution in [2.24, 2.45) is 0 Å². The molecule has 1 aliphatic heterocycles. The number of aromatic nitrogens is 5. The molecule has 3 aromatic heterocycles. The fourth-order valence-electron chi connectivity index (χ4n) is 5.82. The van der Waals surface area contributed by atoms with Gasteiger partial charge in [0, 0.05) is 11.8 Å². The van der Waals surface area contributed by atoms with Crippen LogP contribution in [0.2, 0.25) is 0 Å². The van der Waals surface area contributed by atoms with Gasteiger partial charge in [0.2, 0.25) is 0 Å². The highest BCUT2D eigenvalue weighted by Crippen LogP contribution is 2.30. The Hall–Kier alpha value is -4.20. The molecule has 7 rings (SSSR count). The first-order valence-electron chi connectivity index (χ1n) is 13.5. The molecule has 7 nitrogen and oxygen atoms in total. The van der Waals surface area contributed by atoms with Crippen LogP contribution in [0.5, 0.6) is 0 Å². The van der Waals surface area contributed by atoms with E-state index in [1.165, 1.54) is 18.4 Å². The number of piperidine rings is 1. The van der Waals surface area contributed by atoms with Gasteiger partial charge in [-0.25, -0.2) is 9.50 Å². The maximum absolute atomic E-state index is 13.9. The van der Waals surface area contributed by atoms with Crippen LogP contribution >= 0.6 is 12.4 Å². The number of hydrogen-bond donors (Lipinski definition) is 1. The number of nitrogens with one attached hydrogen (secondary N) is 1. The molecule has 8 heteroatoms. The van der Waals surface area contributed by atoms with Gasteiger partial charge < -0.3 is 9.88 Å². The van der Waals surface area contributed by atoms with E-state index in [4.69, 9.17) is 4.98 Å². The number of benzene rings is 3. The summed E-state index contributed by atoms with van der Waals surface area (Å²) in [5.41, 5.74) is 6.63. The van der Waals surface area contributed by atoms with Crippen LogP contribution in [-0.2, 0) is 0 Å². The average Bonchev–Trinajstić information content (AvgIpc) is 3.61. The van der Waals surface area contributed by atoms with E-state index in [0.717, 1.165) is 40.8 Å². The number of aromatic amines is 1. The average molecular weight is 551 g/mol. The molecule has 0 amide bonds. The van der Waals surface area contributed by atoms with Gasteiger partial charge in [-0.2, -0.15) is 5.10 Å². The van der Waals surface area contributed by atoms with Crippen LogP contribution in [0.15, 0.2) is 102 Å². The predicted molar refractivity (Wildman–Crippen MR) is 161 cm³/mol. The smallest absolute Gasteiger partial charge is 0.278 e. The van der Waals surface area contributed by atoms with E-state index in [-0.39, 0.29) is 18.0 Å². The molecule has 3 aromatic carbocycles. The third-order valence-electron chi connectivity index (χ3n) is 8.05. The van der Waals surface area contributed by atoms with Crippen LogP contribution in [0.1, 0.15) is 41.8 Å². The highest BCUT2D eigenvalue weighted by atomic mass is 35.5. The molecule has 202 valence electrons. The number of para-hydroxylation sites is 2. The maximum Gasteiger partial charge on any atom is 0.278 e. The molecule has 1 fully saturated rings. The Morgan fingerprint density at radius 3 is 2.38 bits per heavy atom. The number of nitrogens with zero attached hydrogens (tertiary/aromatic N) is 5. The van der Waals surface area contributed by atoms with Gasteiger partial charge in [-0.15, -0.1) is 12.4 Å². The molecule has 6 aromatic rings. The molecule has 4 heterocycles. The van der Waals surface area contributed by atoms with Crippen molar-refractivity contribution in [3.8, 4) is 11.1 Å². The molecule has 0 bridgehead atoms. The minimum atomic E-state index is -0.434. The van der Waals surface area contributed by atoms with E-state index >= 15 is 0 Å². The number of imidazole rings is 1. The van der Waals surface area contributed by atoms with Crippen molar-refractivity contribution in [3.63, 3.8) is 0 Å². The van der Waals surface area contributed by atoms with Gasteiger partial charge in [-0.05, 0) is 73.8 Å². The second kappa shape index (κ2) is 10.8. The maximum atomic E-state index is 13.9. The van der Waals surface area contributed by atoms with Crippen LogP contribution in [0.4, 0.5) is 0 Å². The molecule has 0 spiro atoms. The topological polar surface area (TPSA) is 71.2 Å². The summed E-state index contributed by atoms with van der Waals surface area (Å²) in [4.78, 5) is 24.6. The first-order chi connectivity index (χ1) is 19.1. The van der Waals surface area contributed by atoms with Gasteiger partial charge >= 0.3 is 0 Å². The highest BCUT2D eigenvalue weighted by Gasteiger charge is 2.23. The van der Waals surface area contributed by atoms with Crippen molar-refractivity contribution in [1.29, 1.82) is 0 Å². The number of H-pyrrole nitrogens is 1. The van der Waals surface area contributed by atoms with Crippen LogP contribution in [0.25, 0.3) is 27.7 Å². The van der Waals surface area contributed by atoms with E-state index in [9.17, 15) is 4.79 Å².